The normalized spacial score (nSPS) is 20.4. The quantitative estimate of drug-likeness (QED) is 0.505. The maximum atomic E-state index is 13.3. The number of primary amides is 1. The van der Waals surface area contributed by atoms with Crippen LogP contribution in [0.25, 0.3) is 0 Å². The second kappa shape index (κ2) is 10.9. The highest BCUT2D eigenvalue weighted by atomic mass is 32.2. The largest absolute Gasteiger partial charge is 0.374 e. The van der Waals surface area contributed by atoms with Gasteiger partial charge in [0.05, 0.1) is 12.7 Å². The van der Waals surface area contributed by atoms with Crippen molar-refractivity contribution in [1.82, 2.24) is 9.62 Å². The van der Waals surface area contributed by atoms with E-state index in [2.05, 4.69) is 11.9 Å². The van der Waals surface area contributed by atoms with Crippen molar-refractivity contribution in [1.29, 1.82) is 0 Å². The topological polar surface area (TPSA) is 119 Å². The molecule has 1 aromatic carbocycles. The van der Waals surface area contributed by atoms with Gasteiger partial charge in [-0.3, -0.25) is 9.59 Å². The van der Waals surface area contributed by atoms with Crippen LogP contribution in [0.15, 0.2) is 64.7 Å². The molecule has 1 aliphatic heterocycles. The Morgan fingerprint density at radius 3 is 2.66 bits per heavy atom. The number of sulfonamides is 1. The van der Waals surface area contributed by atoms with E-state index < -0.39 is 33.9 Å². The number of piperidine rings is 1. The Hall–Kier alpha value is -2.53. The van der Waals surface area contributed by atoms with Crippen LogP contribution < -0.4 is 11.1 Å². The maximum absolute atomic E-state index is 13.3. The van der Waals surface area contributed by atoms with Crippen molar-refractivity contribution in [3.05, 3.63) is 66.1 Å². The van der Waals surface area contributed by atoms with E-state index >= 15 is 0 Å². The van der Waals surface area contributed by atoms with E-state index in [4.69, 9.17) is 10.5 Å². The van der Waals surface area contributed by atoms with Crippen LogP contribution in [0, 0.1) is 0 Å². The van der Waals surface area contributed by atoms with Crippen molar-refractivity contribution < 1.29 is 22.7 Å². The average molecular weight is 478 g/mol. The van der Waals surface area contributed by atoms with Crippen LogP contribution in [0.2, 0.25) is 0 Å². The molecule has 0 saturated carbocycles. The SMILES string of the molecule is C=CCO[C@H]1CCN(S(=O)(=O)c2cccs2)[C@H](C(=O)N[C@H](Cc2ccccc2)C(N)=O)C1. The summed E-state index contributed by atoms with van der Waals surface area (Å²) in [7, 11) is -3.87. The van der Waals surface area contributed by atoms with Crippen LogP contribution >= 0.6 is 11.3 Å². The summed E-state index contributed by atoms with van der Waals surface area (Å²) in [5.74, 6) is -1.26. The highest BCUT2D eigenvalue weighted by Crippen LogP contribution is 2.29. The van der Waals surface area contributed by atoms with Gasteiger partial charge in [0.25, 0.3) is 10.0 Å². The minimum absolute atomic E-state index is 0.125. The number of ether oxygens (including phenoxy) is 1. The second-order valence-electron chi connectivity index (χ2n) is 7.49. The van der Waals surface area contributed by atoms with Gasteiger partial charge in [-0.05, 0) is 29.9 Å². The molecule has 2 heterocycles. The van der Waals surface area contributed by atoms with Gasteiger partial charge >= 0.3 is 0 Å². The summed E-state index contributed by atoms with van der Waals surface area (Å²) >= 11 is 1.09. The summed E-state index contributed by atoms with van der Waals surface area (Å²) in [5, 5.41) is 4.34. The van der Waals surface area contributed by atoms with Crippen LogP contribution in [0.5, 0.6) is 0 Å². The Kier molecular flexibility index (Phi) is 8.19. The molecule has 1 aromatic heterocycles. The number of rotatable bonds is 10. The average Bonchev–Trinajstić information content (AvgIpc) is 3.33. The minimum atomic E-state index is -3.87. The Bertz CT molecular complexity index is 1030. The Labute approximate surface area is 192 Å². The molecular weight excluding hydrogens is 450 g/mol. The number of nitrogens with zero attached hydrogens (tertiary/aromatic N) is 1. The van der Waals surface area contributed by atoms with E-state index in [0.717, 1.165) is 16.9 Å². The molecule has 3 N–H and O–H groups in total. The molecule has 1 aliphatic rings. The van der Waals surface area contributed by atoms with Gasteiger partial charge in [-0.2, -0.15) is 4.31 Å². The van der Waals surface area contributed by atoms with E-state index in [1.807, 2.05) is 30.3 Å². The van der Waals surface area contributed by atoms with Gasteiger partial charge in [0, 0.05) is 13.0 Å². The van der Waals surface area contributed by atoms with Crippen LogP contribution in [-0.2, 0) is 30.8 Å². The highest BCUT2D eigenvalue weighted by molar-refractivity contribution is 7.91. The van der Waals surface area contributed by atoms with Crippen molar-refractivity contribution in [3.8, 4) is 0 Å². The van der Waals surface area contributed by atoms with Crippen LogP contribution in [-0.4, -0.2) is 55.9 Å². The van der Waals surface area contributed by atoms with E-state index in [-0.39, 0.29) is 29.7 Å². The number of hydrogen-bond donors (Lipinski definition) is 2. The fourth-order valence-corrected chi connectivity index (χ4v) is 6.39. The first-order chi connectivity index (χ1) is 15.3. The standard InChI is InChI=1S/C22H27N3O5S2/c1-2-12-30-17-10-11-25(32(28,29)20-9-6-13-31-20)19(15-17)22(27)24-18(21(23)26)14-16-7-4-3-5-8-16/h2-9,13,17-19H,1,10-12,14-15H2,(H2,23,26)(H,24,27)/t17-,18+,19-/m0/s1. The predicted octanol–water partition coefficient (Wildman–Crippen LogP) is 1.69. The van der Waals surface area contributed by atoms with Crippen LogP contribution in [0.1, 0.15) is 18.4 Å². The molecule has 0 spiro atoms. The van der Waals surface area contributed by atoms with Gasteiger partial charge in [0.1, 0.15) is 16.3 Å². The molecule has 0 unspecified atom stereocenters. The van der Waals surface area contributed by atoms with Gasteiger partial charge in [-0.15, -0.1) is 17.9 Å². The third kappa shape index (κ3) is 5.83. The van der Waals surface area contributed by atoms with Crippen LogP contribution in [0.3, 0.4) is 0 Å². The first kappa shape index (κ1) is 24.1. The second-order valence-corrected chi connectivity index (χ2v) is 10.6. The molecule has 1 fully saturated rings. The minimum Gasteiger partial charge on any atom is -0.374 e. The number of nitrogens with two attached hydrogens (primary N) is 1. The maximum Gasteiger partial charge on any atom is 0.253 e. The van der Waals surface area contributed by atoms with Gasteiger partial charge in [-0.25, -0.2) is 8.42 Å². The lowest BCUT2D eigenvalue weighted by Crippen LogP contribution is -2.58. The fourth-order valence-electron chi connectivity index (χ4n) is 3.66. The molecule has 2 aromatic rings. The smallest absolute Gasteiger partial charge is 0.253 e. The number of carbonyl (C=O) groups excluding carboxylic acids is 2. The van der Waals surface area contributed by atoms with Crippen molar-refractivity contribution >= 4 is 33.2 Å². The zero-order valence-electron chi connectivity index (χ0n) is 17.6. The van der Waals surface area contributed by atoms with Crippen molar-refractivity contribution in [2.45, 2.75) is 41.7 Å². The molecule has 0 bridgehead atoms. The molecule has 3 atom stereocenters. The van der Waals surface area contributed by atoms with Crippen molar-refractivity contribution in [3.63, 3.8) is 0 Å². The lowest BCUT2D eigenvalue weighted by atomic mass is 9.99. The third-order valence-electron chi connectivity index (χ3n) is 5.26. The Morgan fingerprint density at radius 1 is 1.28 bits per heavy atom. The fraction of sp³-hybridized carbons (Fsp3) is 0.364. The van der Waals surface area contributed by atoms with Gasteiger partial charge in [0.15, 0.2) is 0 Å². The number of nitrogens with one attached hydrogen (secondary N) is 1. The Balaban J connectivity index is 1.82. The summed E-state index contributed by atoms with van der Waals surface area (Å²) < 4.78 is 33.5. The molecule has 32 heavy (non-hydrogen) atoms. The van der Waals surface area contributed by atoms with Crippen molar-refractivity contribution in [2.24, 2.45) is 5.73 Å². The zero-order chi connectivity index (χ0) is 23.1. The van der Waals surface area contributed by atoms with E-state index in [1.165, 1.54) is 10.4 Å². The molecule has 0 aliphatic carbocycles. The monoisotopic (exact) mass is 477 g/mol. The number of thiophene rings is 1. The van der Waals surface area contributed by atoms with Gasteiger partial charge in [0.2, 0.25) is 11.8 Å². The molecule has 172 valence electrons. The highest BCUT2D eigenvalue weighted by Gasteiger charge is 2.42. The van der Waals surface area contributed by atoms with Gasteiger partial charge < -0.3 is 15.8 Å². The molecule has 0 radical (unpaired) electrons. The van der Waals surface area contributed by atoms with E-state index in [0.29, 0.717) is 13.0 Å². The molecule has 8 nitrogen and oxygen atoms in total. The molecule has 10 heteroatoms. The Morgan fingerprint density at radius 2 is 2.03 bits per heavy atom. The summed E-state index contributed by atoms with van der Waals surface area (Å²) in [4.78, 5) is 25.3. The zero-order valence-corrected chi connectivity index (χ0v) is 19.2. The molecular formula is C22H27N3O5S2. The summed E-state index contributed by atoms with van der Waals surface area (Å²) in [6, 6.07) is 10.3. The number of hydrogen-bond acceptors (Lipinski definition) is 6. The van der Waals surface area contributed by atoms with Crippen LogP contribution in [0.4, 0.5) is 0 Å². The lowest BCUT2D eigenvalue weighted by molar-refractivity contribution is -0.131. The summed E-state index contributed by atoms with van der Waals surface area (Å²) in [5.41, 5.74) is 6.36. The lowest BCUT2D eigenvalue weighted by Gasteiger charge is -2.37. The first-order valence-electron chi connectivity index (χ1n) is 10.2. The van der Waals surface area contributed by atoms with E-state index in [9.17, 15) is 18.0 Å². The third-order valence-corrected chi connectivity index (χ3v) is 8.54. The molecule has 1 saturated heterocycles. The predicted molar refractivity (Wildman–Crippen MR) is 122 cm³/mol. The van der Waals surface area contributed by atoms with Crippen molar-refractivity contribution in [2.75, 3.05) is 13.2 Å². The summed E-state index contributed by atoms with van der Waals surface area (Å²) in [6.45, 7) is 4.05. The molecule has 2 amide bonds. The first-order valence-corrected chi connectivity index (χ1v) is 12.6. The number of amides is 2. The summed E-state index contributed by atoms with van der Waals surface area (Å²) in [6.07, 6.45) is 2.13. The number of benzene rings is 1. The molecule has 3 rings (SSSR count). The van der Waals surface area contributed by atoms with Gasteiger partial charge in [-0.1, -0.05) is 42.5 Å². The van der Waals surface area contributed by atoms with E-state index in [1.54, 1.807) is 17.5 Å². The number of carbonyl (C=O) groups is 2.